The van der Waals surface area contributed by atoms with E-state index >= 15 is 0 Å². The first-order chi connectivity index (χ1) is 10.1. The van der Waals surface area contributed by atoms with Gasteiger partial charge < -0.3 is 14.5 Å². The van der Waals surface area contributed by atoms with Gasteiger partial charge >= 0.3 is 0 Å². The maximum absolute atomic E-state index is 13.4. The Kier molecular flexibility index (Phi) is 3.43. The number of aromatic nitrogens is 2. The smallest absolute Gasteiger partial charge is 0.255 e. The van der Waals surface area contributed by atoms with Gasteiger partial charge in [-0.05, 0) is 19.3 Å². The fourth-order valence-electron chi connectivity index (χ4n) is 3.33. The summed E-state index contributed by atoms with van der Waals surface area (Å²) in [6.07, 6.45) is 3.81. The van der Waals surface area contributed by atoms with Crippen molar-refractivity contribution in [1.82, 2.24) is 14.9 Å². The first kappa shape index (κ1) is 14.0. The fraction of sp³-hybridized carbons (Fsp3) is 0.643. The molecule has 1 spiro atoms. The van der Waals surface area contributed by atoms with Crippen LogP contribution in [0.2, 0.25) is 0 Å². The summed E-state index contributed by atoms with van der Waals surface area (Å²) < 4.78 is 18.3. The number of carbonyl (C=O) groups is 1. The number of rotatable bonds is 2. The molecule has 2 saturated heterocycles. The predicted octanol–water partition coefficient (Wildman–Crippen LogP) is 1.07. The van der Waals surface area contributed by atoms with Crippen LogP contribution >= 0.6 is 0 Å². The van der Waals surface area contributed by atoms with E-state index < -0.39 is 5.82 Å². The van der Waals surface area contributed by atoms with Gasteiger partial charge in [-0.25, -0.2) is 4.98 Å². The molecule has 114 valence electrons. The molecule has 21 heavy (non-hydrogen) atoms. The Morgan fingerprint density at radius 2 is 2.19 bits per heavy atom. The molecule has 1 atom stereocenters. The summed E-state index contributed by atoms with van der Waals surface area (Å²) in [6.45, 7) is 2.11. The third-order valence-electron chi connectivity index (χ3n) is 4.48. The number of hydrogen-bond acceptors (Lipinski definition) is 5. The van der Waals surface area contributed by atoms with Crippen molar-refractivity contribution >= 4 is 11.9 Å². The van der Waals surface area contributed by atoms with Crippen molar-refractivity contribution in [2.24, 2.45) is 5.41 Å². The van der Waals surface area contributed by atoms with Gasteiger partial charge in [0.25, 0.3) is 5.88 Å². The Hall–Kier alpha value is -1.92. The Balaban J connectivity index is 1.82. The second kappa shape index (κ2) is 5.13. The molecule has 0 radical (unpaired) electrons. The van der Waals surface area contributed by atoms with Crippen molar-refractivity contribution in [1.29, 1.82) is 0 Å². The highest BCUT2D eigenvalue weighted by Crippen LogP contribution is 2.40. The SMILES string of the molecule is COc1nc(N2CCC3(CCCN(C)C3=O)C2)ncc1F. The van der Waals surface area contributed by atoms with Gasteiger partial charge in [0.2, 0.25) is 17.7 Å². The summed E-state index contributed by atoms with van der Waals surface area (Å²) in [5, 5.41) is 0. The molecule has 0 aromatic carbocycles. The summed E-state index contributed by atoms with van der Waals surface area (Å²) in [5.74, 6) is -0.0202. The first-order valence-corrected chi connectivity index (χ1v) is 7.13. The summed E-state index contributed by atoms with van der Waals surface area (Å²) in [4.78, 5) is 24.3. The Labute approximate surface area is 122 Å². The van der Waals surface area contributed by atoms with Crippen LogP contribution in [0.25, 0.3) is 0 Å². The lowest BCUT2D eigenvalue weighted by atomic mass is 9.78. The average Bonchev–Trinajstić information content (AvgIpc) is 2.90. The van der Waals surface area contributed by atoms with Crippen LogP contribution in [-0.2, 0) is 4.79 Å². The van der Waals surface area contributed by atoms with E-state index in [1.807, 2.05) is 11.9 Å². The Morgan fingerprint density at radius 3 is 2.95 bits per heavy atom. The fourth-order valence-corrected chi connectivity index (χ4v) is 3.33. The maximum atomic E-state index is 13.4. The lowest BCUT2D eigenvalue weighted by molar-refractivity contribution is -0.143. The van der Waals surface area contributed by atoms with Crippen LogP contribution < -0.4 is 9.64 Å². The van der Waals surface area contributed by atoms with Crippen LogP contribution in [0.15, 0.2) is 6.20 Å². The number of amides is 1. The van der Waals surface area contributed by atoms with E-state index in [2.05, 4.69) is 9.97 Å². The van der Waals surface area contributed by atoms with Crippen LogP contribution in [0.5, 0.6) is 5.88 Å². The van der Waals surface area contributed by atoms with E-state index in [4.69, 9.17) is 4.74 Å². The largest absolute Gasteiger partial charge is 0.479 e. The van der Waals surface area contributed by atoms with Gasteiger partial charge in [0.1, 0.15) is 0 Å². The van der Waals surface area contributed by atoms with Crippen LogP contribution in [0, 0.1) is 11.2 Å². The zero-order chi connectivity index (χ0) is 15.0. The van der Waals surface area contributed by atoms with Crippen molar-refractivity contribution in [2.45, 2.75) is 19.3 Å². The van der Waals surface area contributed by atoms with Crippen LogP contribution in [0.4, 0.5) is 10.3 Å². The molecule has 0 bridgehead atoms. The molecule has 0 saturated carbocycles. The summed E-state index contributed by atoms with van der Waals surface area (Å²) in [5.41, 5.74) is -0.335. The third kappa shape index (κ3) is 2.30. The number of anilines is 1. The van der Waals surface area contributed by atoms with Gasteiger partial charge in [0, 0.05) is 26.7 Å². The second-order valence-corrected chi connectivity index (χ2v) is 5.81. The van der Waals surface area contributed by atoms with Crippen molar-refractivity contribution in [3.8, 4) is 5.88 Å². The topological polar surface area (TPSA) is 58.6 Å². The number of ether oxygens (including phenoxy) is 1. The zero-order valence-electron chi connectivity index (χ0n) is 12.3. The number of piperidine rings is 1. The summed E-state index contributed by atoms with van der Waals surface area (Å²) in [7, 11) is 3.23. The monoisotopic (exact) mass is 294 g/mol. The number of nitrogens with zero attached hydrogens (tertiary/aromatic N) is 4. The van der Waals surface area contributed by atoms with Crippen molar-refractivity contribution < 1.29 is 13.9 Å². The molecule has 2 aliphatic heterocycles. The molecule has 2 aliphatic rings. The summed E-state index contributed by atoms with van der Waals surface area (Å²) in [6, 6.07) is 0. The van der Waals surface area contributed by atoms with Gasteiger partial charge in [0.05, 0.1) is 18.7 Å². The molecule has 1 aromatic heterocycles. The lowest BCUT2D eigenvalue weighted by Crippen LogP contribution is -2.48. The minimum atomic E-state index is -0.580. The third-order valence-corrected chi connectivity index (χ3v) is 4.48. The van der Waals surface area contributed by atoms with Gasteiger partial charge in [-0.1, -0.05) is 0 Å². The van der Waals surface area contributed by atoms with Gasteiger partial charge in [-0.2, -0.15) is 9.37 Å². The lowest BCUT2D eigenvalue weighted by Gasteiger charge is -2.37. The number of hydrogen-bond donors (Lipinski definition) is 0. The molecule has 0 aliphatic carbocycles. The highest BCUT2D eigenvalue weighted by molar-refractivity contribution is 5.84. The van der Waals surface area contributed by atoms with Gasteiger partial charge in [-0.3, -0.25) is 4.79 Å². The first-order valence-electron chi connectivity index (χ1n) is 7.13. The number of carbonyl (C=O) groups excluding carboxylic acids is 1. The van der Waals surface area contributed by atoms with E-state index in [-0.39, 0.29) is 17.2 Å². The molecular weight excluding hydrogens is 275 g/mol. The normalized spacial score (nSPS) is 25.8. The Morgan fingerprint density at radius 1 is 1.38 bits per heavy atom. The minimum Gasteiger partial charge on any atom is -0.479 e. The van der Waals surface area contributed by atoms with E-state index in [0.717, 1.165) is 32.0 Å². The number of halogens is 1. The predicted molar refractivity (Wildman–Crippen MR) is 74.7 cm³/mol. The van der Waals surface area contributed by atoms with Crippen molar-refractivity contribution in [3.63, 3.8) is 0 Å². The zero-order valence-corrected chi connectivity index (χ0v) is 12.3. The Bertz CT molecular complexity index is 568. The molecule has 1 amide bonds. The van der Waals surface area contributed by atoms with E-state index in [1.165, 1.54) is 7.11 Å². The highest BCUT2D eigenvalue weighted by atomic mass is 19.1. The average molecular weight is 294 g/mol. The van der Waals surface area contributed by atoms with Gasteiger partial charge in [0.15, 0.2) is 0 Å². The molecule has 3 rings (SSSR count). The summed E-state index contributed by atoms with van der Waals surface area (Å²) >= 11 is 0. The van der Waals surface area contributed by atoms with E-state index in [9.17, 15) is 9.18 Å². The number of likely N-dealkylation sites (tertiary alicyclic amines) is 1. The van der Waals surface area contributed by atoms with Gasteiger partial charge in [-0.15, -0.1) is 0 Å². The molecule has 1 unspecified atom stereocenters. The van der Waals surface area contributed by atoms with E-state index in [0.29, 0.717) is 19.0 Å². The van der Waals surface area contributed by atoms with Crippen molar-refractivity contribution in [3.05, 3.63) is 12.0 Å². The standard InChI is InChI=1S/C14H19FN4O2/c1-18-6-3-4-14(12(18)20)5-7-19(9-14)13-16-8-10(15)11(17-13)21-2/h8H,3-7,9H2,1-2H3. The van der Waals surface area contributed by atoms with Crippen LogP contribution in [0.1, 0.15) is 19.3 Å². The highest BCUT2D eigenvalue weighted by Gasteiger charge is 2.48. The minimum absolute atomic E-state index is 0.0620. The molecule has 2 fully saturated rings. The molecule has 7 heteroatoms. The van der Waals surface area contributed by atoms with E-state index in [1.54, 1.807) is 4.90 Å². The second-order valence-electron chi connectivity index (χ2n) is 5.81. The van der Waals surface area contributed by atoms with Crippen LogP contribution in [-0.4, -0.2) is 54.6 Å². The quantitative estimate of drug-likeness (QED) is 0.816. The molecule has 6 nitrogen and oxygen atoms in total. The molecule has 3 heterocycles. The molecule has 1 aromatic rings. The molecular formula is C14H19FN4O2. The number of methoxy groups -OCH3 is 1. The maximum Gasteiger partial charge on any atom is 0.255 e. The van der Waals surface area contributed by atoms with Crippen molar-refractivity contribution in [2.75, 3.05) is 38.7 Å². The molecule has 0 N–H and O–H groups in total. The van der Waals surface area contributed by atoms with Crippen LogP contribution in [0.3, 0.4) is 0 Å².